The summed E-state index contributed by atoms with van der Waals surface area (Å²) in [6.45, 7) is 23.0. The normalized spacial score (nSPS) is 16.6. The van der Waals surface area contributed by atoms with E-state index in [-0.39, 0.29) is 11.1 Å². The van der Waals surface area contributed by atoms with Gasteiger partial charge in [0, 0.05) is 56.6 Å². The highest BCUT2D eigenvalue weighted by Crippen LogP contribution is 2.36. The Morgan fingerprint density at radius 2 is 1.66 bits per heavy atom. The van der Waals surface area contributed by atoms with Crippen LogP contribution in [0.4, 0.5) is 10.5 Å². The number of fused-ring (bicyclic) bond motifs is 1. The molecule has 0 N–H and O–H groups in total. The molecule has 2 heterocycles. The Morgan fingerprint density at radius 3 is 2.25 bits per heavy atom. The Hall–Kier alpha value is -1.83. The summed E-state index contributed by atoms with van der Waals surface area (Å²) in [5, 5.41) is 1.31. The van der Waals surface area contributed by atoms with E-state index in [2.05, 4.69) is 55.8 Å². The molecule has 1 saturated heterocycles. The molecule has 32 heavy (non-hydrogen) atoms. The second-order valence-corrected chi connectivity index (χ2v) is 16.2. The maximum Gasteiger partial charge on any atom is 0.418 e. The number of anilines is 1. The van der Waals surface area contributed by atoms with Crippen molar-refractivity contribution in [2.24, 2.45) is 0 Å². The second kappa shape index (κ2) is 9.19. The van der Waals surface area contributed by atoms with Crippen molar-refractivity contribution < 1.29 is 14.0 Å². The van der Waals surface area contributed by atoms with Gasteiger partial charge in [-0.15, -0.1) is 0 Å². The van der Waals surface area contributed by atoms with Gasteiger partial charge in [0.2, 0.25) is 0 Å². The molecule has 1 aliphatic heterocycles. The molecule has 0 unspecified atom stereocenters. The van der Waals surface area contributed by atoms with Crippen molar-refractivity contribution in [3.05, 3.63) is 30.5 Å². The summed E-state index contributed by atoms with van der Waals surface area (Å²) in [4.78, 5) is 17.4. The number of hydrogen-bond acceptors (Lipinski definition) is 5. The van der Waals surface area contributed by atoms with E-state index in [9.17, 15) is 4.79 Å². The van der Waals surface area contributed by atoms with Gasteiger partial charge in [0.25, 0.3) is 0 Å². The largest absolute Gasteiger partial charge is 0.443 e. The van der Waals surface area contributed by atoms with Crippen molar-refractivity contribution in [1.29, 1.82) is 0 Å². The van der Waals surface area contributed by atoms with Gasteiger partial charge in [-0.3, -0.25) is 9.47 Å². The monoisotopic (exact) mass is 459 g/mol. The van der Waals surface area contributed by atoms with E-state index in [1.807, 2.05) is 32.9 Å². The first-order valence-corrected chi connectivity index (χ1v) is 14.6. The van der Waals surface area contributed by atoms with E-state index in [1.165, 1.54) is 5.69 Å². The highest BCUT2D eigenvalue weighted by Gasteiger charge is 2.37. The van der Waals surface area contributed by atoms with Gasteiger partial charge in [-0.05, 0) is 63.2 Å². The smallest absolute Gasteiger partial charge is 0.418 e. The first kappa shape index (κ1) is 24.8. The van der Waals surface area contributed by atoms with E-state index in [4.69, 9.17) is 9.16 Å². The molecule has 0 aliphatic carbocycles. The number of rotatable bonds is 5. The number of piperazine rings is 1. The summed E-state index contributed by atoms with van der Waals surface area (Å²) in [5.41, 5.74) is 1.57. The Morgan fingerprint density at radius 1 is 1.00 bits per heavy atom. The topological polar surface area (TPSA) is 46.9 Å². The molecule has 7 heteroatoms. The highest BCUT2D eigenvalue weighted by atomic mass is 28.4. The van der Waals surface area contributed by atoms with Crippen LogP contribution in [-0.2, 0) is 9.16 Å². The van der Waals surface area contributed by atoms with Crippen LogP contribution in [0.3, 0.4) is 0 Å². The van der Waals surface area contributed by atoms with Gasteiger partial charge in [0.1, 0.15) is 5.60 Å². The number of aromatic nitrogens is 1. The molecule has 6 nitrogen and oxygen atoms in total. The lowest BCUT2D eigenvalue weighted by atomic mass is 10.2. The second-order valence-electron chi connectivity index (χ2n) is 11.3. The fourth-order valence-corrected chi connectivity index (χ4v) is 4.71. The Kier molecular flexibility index (Phi) is 7.13. The van der Waals surface area contributed by atoms with Crippen LogP contribution in [0.5, 0.6) is 0 Å². The molecule has 1 aliphatic rings. The van der Waals surface area contributed by atoms with E-state index >= 15 is 0 Å². The average molecular weight is 460 g/mol. The molecule has 178 valence electrons. The number of hydrogen-bond donors (Lipinski definition) is 0. The molecule has 0 atom stereocenters. The highest BCUT2D eigenvalue weighted by molar-refractivity contribution is 6.74. The van der Waals surface area contributed by atoms with Crippen molar-refractivity contribution in [3.8, 4) is 0 Å². The fraction of sp³-hybridized carbons (Fsp3) is 0.640. The lowest BCUT2D eigenvalue weighted by Gasteiger charge is -2.39. The van der Waals surface area contributed by atoms with Crippen LogP contribution in [0, 0.1) is 0 Å². The molecular formula is C25H41N3O3Si. The van der Waals surface area contributed by atoms with Gasteiger partial charge in [-0.25, -0.2) is 4.79 Å². The number of ether oxygens (including phenoxy) is 1. The molecule has 2 aromatic rings. The van der Waals surface area contributed by atoms with Gasteiger partial charge >= 0.3 is 6.09 Å². The van der Waals surface area contributed by atoms with Crippen molar-refractivity contribution in [1.82, 2.24) is 9.47 Å². The molecule has 0 radical (unpaired) electrons. The summed E-state index contributed by atoms with van der Waals surface area (Å²) >= 11 is 0. The van der Waals surface area contributed by atoms with Crippen molar-refractivity contribution >= 4 is 31.0 Å². The molecule has 0 amide bonds. The summed E-state index contributed by atoms with van der Waals surface area (Å²) in [5.74, 6) is 0. The van der Waals surface area contributed by atoms with E-state index < -0.39 is 13.9 Å². The van der Waals surface area contributed by atoms with Crippen LogP contribution in [0.15, 0.2) is 30.5 Å². The maximum atomic E-state index is 12.5. The molecule has 0 saturated carbocycles. The minimum Gasteiger partial charge on any atom is -0.443 e. The van der Waals surface area contributed by atoms with Crippen LogP contribution < -0.4 is 4.90 Å². The van der Waals surface area contributed by atoms with E-state index in [1.54, 1.807) is 10.8 Å². The Balaban J connectivity index is 1.55. The summed E-state index contributed by atoms with van der Waals surface area (Å²) in [6.07, 6.45) is 1.46. The van der Waals surface area contributed by atoms with Gasteiger partial charge in [0.05, 0.1) is 5.52 Å². The van der Waals surface area contributed by atoms with Crippen LogP contribution in [0.25, 0.3) is 10.9 Å². The van der Waals surface area contributed by atoms with Gasteiger partial charge in [0.15, 0.2) is 8.32 Å². The predicted molar refractivity (Wildman–Crippen MR) is 135 cm³/mol. The third-order valence-electron chi connectivity index (χ3n) is 6.68. The molecule has 3 rings (SSSR count). The van der Waals surface area contributed by atoms with Crippen LogP contribution >= 0.6 is 0 Å². The molecule has 1 aromatic heterocycles. The third-order valence-corrected chi connectivity index (χ3v) is 11.2. The molecule has 1 aromatic carbocycles. The number of benzene rings is 1. The lowest BCUT2D eigenvalue weighted by Crippen LogP contribution is -2.48. The molecule has 0 bridgehead atoms. The van der Waals surface area contributed by atoms with Crippen LogP contribution in [0.2, 0.25) is 18.1 Å². The zero-order chi connectivity index (χ0) is 23.7. The minimum atomic E-state index is -1.67. The van der Waals surface area contributed by atoms with Crippen molar-refractivity contribution in [2.75, 3.05) is 44.2 Å². The van der Waals surface area contributed by atoms with E-state index in [0.717, 1.165) is 50.2 Å². The summed E-state index contributed by atoms with van der Waals surface area (Å²) in [6, 6.07) is 8.29. The minimum absolute atomic E-state index is 0.257. The zero-order valence-corrected chi connectivity index (χ0v) is 22.2. The quantitative estimate of drug-likeness (QED) is 0.547. The number of carbonyl (C=O) groups is 1. The van der Waals surface area contributed by atoms with Gasteiger partial charge < -0.3 is 14.1 Å². The number of nitrogens with zero attached hydrogens (tertiary/aromatic N) is 3. The maximum absolute atomic E-state index is 12.5. The van der Waals surface area contributed by atoms with Crippen LogP contribution in [0.1, 0.15) is 41.5 Å². The summed E-state index contributed by atoms with van der Waals surface area (Å²) in [7, 11) is -1.67. The standard InChI is InChI=1S/C25H41N3O3Si/c1-24(2,3)31-23(29)28-12-11-20-19-21(9-10-22(20)28)27-15-13-26(14-16-27)17-18-30-32(7,8)25(4,5)6/h9-12,19H,13-18H2,1-8H3. The fourth-order valence-electron chi connectivity index (χ4n) is 3.67. The van der Waals surface area contributed by atoms with Crippen molar-refractivity contribution in [2.45, 2.75) is 65.3 Å². The van der Waals surface area contributed by atoms with Gasteiger partial charge in [-0.2, -0.15) is 0 Å². The van der Waals surface area contributed by atoms with Crippen molar-refractivity contribution in [3.63, 3.8) is 0 Å². The Bertz CT molecular complexity index is 932. The lowest BCUT2D eigenvalue weighted by molar-refractivity contribution is 0.0544. The molecule has 1 fully saturated rings. The first-order valence-electron chi connectivity index (χ1n) is 11.7. The molecular weight excluding hydrogens is 418 g/mol. The van der Waals surface area contributed by atoms with Gasteiger partial charge in [-0.1, -0.05) is 20.8 Å². The van der Waals surface area contributed by atoms with E-state index in [0.29, 0.717) is 0 Å². The third kappa shape index (κ3) is 5.94. The van der Waals surface area contributed by atoms with Crippen LogP contribution in [-0.4, -0.2) is 68.8 Å². The first-order chi connectivity index (χ1) is 14.8. The number of carbonyl (C=O) groups excluding carboxylic acids is 1. The summed E-state index contributed by atoms with van der Waals surface area (Å²) < 4.78 is 13.5. The zero-order valence-electron chi connectivity index (χ0n) is 21.2. The molecule has 0 spiro atoms. The Labute approximate surface area is 194 Å². The SMILES string of the molecule is CC(C)(C)OC(=O)n1ccc2cc(N3CCN(CCO[Si](C)(C)C(C)(C)C)CC3)ccc21. The predicted octanol–water partition coefficient (Wildman–Crippen LogP) is 5.57. The average Bonchev–Trinajstić information content (AvgIpc) is 3.09.